The molecule has 3 heterocycles. The summed E-state index contributed by atoms with van der Waals surface area (Å²) in [5.74, 6) is -1.29. The number of likely N-dealkylation sites (tertiary alicyclic amines) is 1. The highest BCUT2D eigenvalue weighted by Crippen LogP contribution is 2.20. The summed E-state index contributed by atoms with van der Waals surface area (Å²) in [4.78, 5) is 48.0. The van der Waals surface area contributed by atoms with Crippen LogP contribution in [0.3, 0.4) is 0 Å². The average Bonchev–Trinajstić information content (AvgIpc) is 3.30. The standard InChI is InChI=1S/C19H19FN6O3/c1-11-22-15(17(21)28)16-18(23-11)26(13-6-4-12(20)5-7-13)19(29)25(16)10-14(27)24-8-2-3-9-24/h4-7H,2-3,8-10H2,1H3,(H2,21,28). The maximum absolute atomic E-state index is 13.4. The van der Waals surface area contributed by atoms with Crippen LogP contribution in [-0.4, -0.2) is 48.9 Å². The average molecular weight is 398 g/mol. The van der Waals surface area contributed by atoms with Crippen LogP contribution in [-0.2, 0) is 11.3 Å². The van der Waals surface area contributed by atoms with Gasteiger partial charge in [0.25, 0.3) is 5.91 Å². The summed E-state index contributed by atoms with van der Waals surface area (Å²) in [5, 5.41) is 0. The molecule has 9 nitrogen and oxygen atoms in total. The first kappa shape index (κ1) is 18.8. The van der Waals surface area contributed by atoms with Crippen LogP contribution in [0.4, 0.5) is 4.39 Å². The monoisotopic (exact) mass is 398 g/mol. The van der Waals surface area contributed by atoms with E-state index in [4.69, 9.17) is 5.73 Å². The quantitative estimate of drug-likeness (QED) is 0.696. The number of nitrogens with zero attached hydrogens (tertiary/aromatic N) is 5. The Labute approximate surface area is 164 Å². The molecular formula is C19H19FN6O3. The highest BCUT2D eigenvalue weighted by Gasteiger charge is 2.26. The number of carbonyl (C=O) groups excluding carboxylic acids is 2. The Morgan fingerprint density at radius 1 is 1.14 bits per heavy atom. The van der Waals surface area contributed by atoms with Crippen molar-refractivity contribution in [2.75, 3.05) is 13.1 Å². The summed E-state index contributed by atoms with van der Waals surface area (Å²) < 4.78 is 15.8. The molecule has 0 bridgehead atoms. The molecule has 10 heteroatoms. The SMILES string of the molecule is Cc1nc(C(N)=O)c2c(n1)n(-c1ccc(F)cc1)c(=O)n2CC(=O)N1CCCC1. The molecule has 0 saturated carbocycles. The maximum atomic E-state index is 13.4. The second kappa shape index (κ2) is 7.12. The highest BCUT2D eigenvalue weighted by molar-refractivity contribution is 6.02. The molecule has 29 heavy (non-hydrogen) atoms. The lowest BCUT2D eigenvalue weighted by Crippen LogP contribution is -2.35. The van der Waals surface area contributed by atoms with Crippen molar-refractivity contribution in [1.29, 1.82) is 0 Å². The van der Waals surface area contributed by atoms with Gasteiger partial charge in [-0.15, -0.1) is 0 Å². The Morgan fingerprint density at radius 2 is 1.79 bits per heavy atom. The minimum absolute atomic E-state index is 0.0879. The van der Waals surface area contributed by atoms with Gasteiger partial charge in [0, 0.05) is 13.1 Å². The fraction of sp³-hybridized carbons (Fsp3) is 0.316. The molecule has 2 aromatic heterocycles. The lowest BCUT2D eigenvalue weighted by Gasteiger charge is -2.15. The third kappa shape index (κ3) is 3.26. The number of aryl methyl sites for hydroxylation is 1. The van der Waals surface area contributed by atoms with E-state index in [9.17, 15) is 18.8 Å². The minimum atomic E-state index is -0.834. The maximum Gasteiger partial charge on any atom is 0.335 e. The van der Waals surface area contributed by atoms with E-state index >= 15 is 0 Å². The molecule has 0 spiro atoms. The molecule has 3 aromatic rings. The van der Waals surface area contributed by atoms with Gasteiger partial charge < -0.3 is 10.6 Å². The zero-order valence-electron chi connectivity index (χ0n) is 15.8. The van der Waals surface area contributed by atoms with E-state index < -0.39 is 17.4 Å². The number of hydrogen-bond acceptors (Lipinski definition) is 5. The number of amides is 2. The van der Waals surface area contributed by atoms with Gasteiger partial charge in [-0.05, 0) is 44.0 Å². The lowest BCUT2D eigenvalue weighted by atomic mass is 10.3. The predicted octanol–water partition coefficient (Wildman–Crippen LogP) is 0.751. The van der Waals surface area contributed by atoms with Crippen molar-refractivity contribution in [3.63, 3.8) is 0 Å². The lowest BCUT2D eigenvalue weighted by molar-refractivity contribution is -0.130. The molecule has 4 rings (SSSR count). The molecule has 0 unspecified atom stereocenters. The second-order valence-corrected chi connectivity index (χ2v) is 6.92. The van der Waals surface area contributed by atoms with E-state index in [1.807, 2.05) is 0 Å². The van der Waals surface area contributed by atoms with Crippen LogP contribution in [0.2, 0.25) is 0 Å². The molecule has 2 N–H and O–H groups in total. The highest BCUT2D eigenvalue weighted by atomic mass is 19.1. The fourth-order valence-electron chi connectivity index (χ4n) is 3.61. The predicted molar refractivity (Wildman–Crippen MR) is 102 cm³/mol. The van der Waals surface area contributed by atoms with Gasteiger partial charge in [-0.25, -0.2) is 23.7 Å². The van der Waals surface area contributed by atoms with E-state index in [1.54, 1.807) is 11.8 Å². The number of carbonyl (C=O) groups is 2. The molecule has 1 aliphatic heterocycles. The Morgan fingerprint density at radius 3 is 2.41 bits per heavy atom. The van der Waals surface area contributed by atoms with Gasteiger partial charge in [-0.3, -0.25) is 14.2 Å². The largest absolute Gasteiger partial charge is 0.364 e. The molecule has 1 aliphatic rings. The van der Waals surface area contributed by atoms with Crippen molar-refractivity contribution in [2.45, 2.75) is 26.3 Å². The Balaban J connectivity index is 1.97. The number of fused-ring (bicyclic) bond motifs is 1. The fourth-order valence-corrected chi connectivity index (χ4v) is 3.61. The van der Waals surface area contributed by atoms with E-state index in [-0.39, 0.29) is 35.1 Å². The number of imidazole rings is 1. The van der Waals surface area contributed by atoms with E-state index in [0.29, 0.717) is 18.8 Å². The third-order valence-electron chi connectivity index (χ3n) is 4.95. The number of halogens is 1. The van der Waals surface area contributed by atoms with Crippen LogP contribution in [0.15, 0.2) is 29.1 Å². The van der Waals surface area contributed by atoms with Crippen molar-refractivity contribution in [2.24, 2.45) is 5.73 Å². The summed E-state index contributed by atoms with van der Waals surface area (Å²) >= 11 is 0. The molecule has 1 saturated heterocycles. The molecule has 150 valence electrons. The second-order valence-electron chi connectivity index (χ2n) is 6.92. The van der Waals surface area contributed by atoms with Crippen molar-refractivity contribution < 1.29 is 14.0 Å². The Hall–Kier alpha value is -3.56. The number of hydrogen-bond donors (Lipinski definition) is 1. The molecule has 0 atom stereocenters. The normalized spacial score (nSPS) is 13.9. The van der Waals surface area contributed by atoms with Gasteiger partial charge in [-0.1, -0.05) is 0 Å². The number of aromatic nitrogens is 4. The van der Waals surface area contributed by atoms with Crippen molar-refractivity contribution >= 4 is 23.0 Å². The first-order valence-electron chi connectivity index (χ1n) is 9.20. The van der Waals surface area contributed by atoms with Gasteiger partial charge in [0.2, 0.25) is 5.91 Å². The first-order valence-corrected chi connectivity index (χ1v) is 9.20. The van der Waals surface area contributed by atoms with Gasteiger partial charge >= 0.3 is 5.69 Å². The van der Waals surface area contributed by atoms with Crippen molar-refractivity contribution in [3.8, 4) is 5.69 Å². The summed E-state index contributed by atoms with van der Waals surface area (Å²) in [6, 6.07) is 5.27. The summed E-state index contributed by atoms with van der Waals surface area (Å²) in [6.45, 7) is 2.55. The Bertz CT molecular complexity index is 1180. The third-order valence-corrected chi connectivity index (χ3v) is 4.95. The molecule has 1 fully saturated rings. The van der Waals surface area contributed by atoms with Crippen LogP contribution in [0, 0.1) is 12.7 Å². The van der Waals surface area contributed by atoms with E-state index in [1.165, 1.54) is 33.4 Å². The summed E-state index contributed by atoms with van der Waals surface area (Å²) in [5.41, 5.74) is 5.34. The molecule has 0 radical (unpaired) electrons. The van der Waals surface area contributed by atoms with Gasteiger partial charge in [-0.2, -0.15) is 0 Å². The zero-order chi connectivity index (χ0) is 20.7. The molecule has 2 amide bonds. The van der Waals surface area contributed by atoms with Crippen molar-refractivity contribution in [3.05, 3.63) is 52.1 Å². The number of nitrogens with two attached hydrogens (primary N) is 1. The van der Waals surface area contributed by atoms with Crippen LogP contribution >= 0.6 is 0 Å². The van der Waals surface area contributed by atoms with Crippen LogP contribution < -0.4 is 11.4 Å². The number of primary amides is 1. The number of rotatable bonds is 4. The molecule has 0 aliphatic carbocycles. The zero-order valence-corrected chi connectivity index (χ0v) is 15.8. The van der Waals surface area contributed by atoms with Crippen LogP contribution in [0.1, 0.15) is 29.2 Å². The van der Waals surface area contributed by atoms with Crippen molar-refractivity contribution in [1.82, 2.24) is 24.0 Å². The van der Waals surface area contributed by atoms with Gasteiger partial charge in [0.1, 0.15) is 23.7 Å². The van der Waals surface area contributed by atoms with Gasteiger partial charge in [0.05, 0.1) is 5.69 Å². The number of benzene rings is 1. The first-order chi connectivity index (χ1) is 13.9. The molecular weight excluding hydrogens is 379 g/mol. The smallest absolute Gasteiger partial charge is 0.335 e. The van der Waals surface area contributed by atoms with Gasteiger partial charge in [0.15, 0.2) is 11.3 Å². The Kier molecular flexibility index (Phi) is 4.61. The van der Waals surface area contributed by atoms with Crippen LogP contribution in [0.5, 0.6) is 0 Å². The van der Waals surface area contributed by atoms with E-state index in [0.717, 1.165) is 12.8 Å². The van der Waals surface area contributed by atoms with Crippen LogP contribution in [0.25, 0.3) is 16.9 Å². The summed E-state index contributed by atoms with van der Waals surface area (Å²) in [6.07, 6.45) is 1.82. The summed E-state index contributed by atoms with van der Waals surface area (Å²) in [7, 11) is 0. The minimum Gasteiger partial charge on any atom is -0.364 e. The topological polar surface area (TPSA) is 116 Å². The molecule has 1 aromatic carbocycles. The van der Waals surface area contributed by atoms with E-state index in [2.05, 4.69) is 9.97 Å².